The van der Waals surface area contributed by atoms with E-state index in [2.05, 4.69) is 20.3 Å². The number of methoxy groups -OCH3 is 1. The zero-order valence-electron chi connectivity index (χ0n) is 16.9. The van der Waals surface area contributed by atoms with Crippen molar-refractivity contribution < 1.29 is 23.9 Å². The van der Waals surface area contributed by atoms with Gasteiger partial charge < -0.3 is 14.0 Å². The van der Waals surface area contributed by atoms with E-state index in [1.807, 2.05) is 11.5 Å². The molecule has 3 rings (SSSR count). The molecule has 0 atom stereocenters. The van der Waals surface area contributed by atoms with E-state index in [0.29, 0.717) is 23.5 Å². The normalized spacial score (nSPS) is 10.6. The number of aryl methyl sites for hydroxylation is 1. The zero-order chi connectivity index (χ0) is 21.7. The summed E-state index contributed by atoms with van der Waals surface area (Å²) in [5.41, 5.74) is 2.66. The molecule has 30 heavy (non-hydrogen) atoms. The van der Waals surface area contributed by atoms with Crippen LogP contribution in [-0.2, 0) is 20.8 Å². The van der Waals surface area contributed by atoms with Crippen molar-refractivity contribution in [3.8, 4) is 5.69 Å². The fourth-order valence-corrected chi connectivity index (χ4v) is 3.14. The Morgan fingerprint density at radius 3 is 2.57 bits per heavy atom. The second-order valence-electron chi connectivity index (χ2n) is 6.53. The van der Waals surface area contributed by atoms with Gasteiger partial charge in [-0.1, -0.05) is 12.1 Å². The number of tetrazole rings is 1. The lowest BCUT2D eigenvalue weighted by Crippen LogP contribution is -2.17. The third kappa shape index (κ3) is 4.43. The number of nitrogens with zero attached hydrogens (tertiary/aromatic N) is 5. The molecule has 0 saturated heterocycles. The first kappa shape index (κ1) is 20.9. The number of hydrogen-bond donors (Lipinski definition) is 0. The largest absolute Gasteiger partial charge is 0.469 e. The highest BCUT2D eigenvalue weighted by atomic mass is 16.5. The number of ether oxygens (including phenoxy) is 2. The van der Waals surface area contributed by atoms with Gasteiger partial charge >= 0.3 is 11.9 Å². The summed E-state index contributed by atoms with van der Waals surface area (Å²) in [5, 5.41) is 10.9. The van der Waals surface area contributed by atoms with Gasteiger partial charge in [-0.15, -0.1) is 5.10 Å². The number of esters is 2. The summed E-state index contributed by atoms with van der Waals surface area (Å²) < 4.78 is 13.1. The predicted molar refractivity (Wildman–Crippen MR) is 104 cm³/mol. The molecule has 0 radical (unpaired) electrons. The van der Waals surface area contributed by atoms with Gasteiger partial charge in [-0.05, 0) is 42.5 Å². The highest BCUT2D eigenvalue weighted by Crippen LogP contribution is 2.18. The molecule has 0 unspecified atom stereocenters. The van der Waals surface area contributed by atoms with Crippen LogP contribution in [0.3, 0.4) is 0 Å². The minimum absolute atomic E-state index is 0.198. The molecule has 156 valence electrons. The minimum atomic E-state index is -0.658. The van der Waals surface area contributed by atoms with E-state index in [0.717, 1.165) is 5.69 Å². The molecular weight excluding hydrogens is 390 g/mol. The number of carbonyl (C=O) groups is 3. The molecule has 10 heteroatoms. The number of para-hydroxylation sites is 1. The van der Waals surface area contributed by atoms with E-state index >= 15 is 0 Å². The smallest absolute Gasteiger partial charge is 0.340 e. The van der Waals surface area contributed by atoms with Crippen LogP contribution in [0, 0.1) is 13.8 Å². The summed E-state index contributed by atoms with van der Waals surface area (Å²) in [6, 6.07) is 8.38. The second-order valence-corrected chi connectivity index (χ2v) is 6.53. The van der Waals surface area contributed by atoms with E-state index in [-0.39, 0.29) is 23.7 Å². The zero-order valence-corrected chi connectivity index (χ0v) is 16.9. The van der Waals surface area contributed by atoms with Crippen molar-refractivity contribution in [2.24, 2.45) is 0 Å². The average Bonchev–Trinajstić information content (AvgIpc) is 3.38. The first-order chi connectivity index (χ1) is 14.4. The van der Waals surface area contributed by atoms with Gasteiger partial charge in [0.1, 0.15) is 6.33 Å². The molecule has 0 amide bonds. The summed E-state index contributed by atoms with van der Waals surface area (Å²) in [4.78, 5) is 36.6. The van der Waals surface area contributed by atoms with Crippen LogP contribution in [-0.4, -0.2) is 56.2 Å². The molecule has 0 fully saturated rings. The van der Waals surface area contributed by atoms with Crippen LogP contribution in [0.25, 0.3) is 5.69 Å². The Morgan fingerprint density at radius 1 is 1.10 bits per heavy atom. The van der Waals surface area contributed by atoms with Gasteiger partial charge in [0.2, 0.25) is 5.78 Å². The Balaban J connectivity index is 1.70. The number of aromatic nitrogens is 5. The maximum Gasteiger partial charge on any atom is 0.340 e. The molecule has 0 N–H and O–H groups in total. The predicted octanol–water partition coefficient (Wildman–Crippen LogP) is 1.68. The number of rotatable bonds is 8. The first-order valence-electron chi connectivity index (χ1n) is 9.18. The van der Waals surface area contributed by atoms with Crippen molar-refractivity contribution in [3.05, 3.63) is 59.2 Å². The van der Waals surface area contributed by atoms with E-state index in [9.17, 15) is 14.4 Å². The lowest BCUT2D eigenvalue weighted by atomic mass is 10.1. The van der Waals surface area contributed by atoms with E-state index in [4.69, 9.17) is 4.74 Å². The third-order valence-corrected chi connectivity index (χ3v) is 4.70. The summed E-state index contributed by atoms with van der Waals surface area (Å²) in [6.45, 7) is 3.61. The number of hydrogen-bond acceptors (Lipinski definition) is 8. The van der Waals surface area contributed by atoms with Crippen molar-refractivity contribution >= 4 is 17.7 Å². The highest BCUT2D eigenvalue weighted by Gasteiger charge is 2.20. The molecule has 0 saturated carbocycles. The fraction of sp³-hybridized carbons (Fsp3) is 0.300. The van der Waals surface area contributed by atoms with Gasteiger partial charge in [0.05, 0.1) is 24.8 Å². The van der Waals surface area contributed by atoms with Crippen molar-refractivity contribution in [1.82, 2.24) is 24.8 Å². The van der Waals surface area contributed by atoms with Crippen LogP contribution in [0.15, 0.2) is 36.7 Å². The summed E-state index contributed by atoms with van der Waals surface area (Å²) in [5.74, 6) is -1.32. The van der Waals surface area contributed by atoms with Crippen LogP contribution >= 0.6 is 0 Å². The van der Waals surface area contributed by atoms with Crippen molar-refractivity contribution in [1.29, 1.82) is 0 Å². The summed E-state index contributed by atoms with van der Waals surface area (Å²) >= 11 is 0. The average molecular weight is 411 g/mol. The van der Waals surface area contributed by atoms with Crippen LogP contribution in [0.4, 0.5) is 0 Å². The molecular formula is C20H21N5O5. The Labute approximate surface area is 172 Å². The highest BCUT2D eigenvalue weighted by molar-refractivity contribution is 6.01. The van der Waals surface area contributed by atoms with Crippen molar-refractivity contribution in [2.75, 3.05) is 13.7 Å². The van der Waals surface area contributed by atoms with Gasteiger partial charge in [-0.2, -0.15) is 4.68 Å². The third-order valence-electron chi connectivity index (χ3n) is 4.70. The molecule has 10 nitrogen and oxygen atoms in total. The maximum absolute atomic E-state index is 12.7. The monoisotopic (exact) mass is 411 g/mol. The van der Waals surface area contributed by atoms with Gasteiger partial charge in [-0.3, -0.25) is 9.59 Å². The van der Waals surface area contributed by atoms with E-state index < -0.39 is 12.6 Å². The van der Waals surface area contributed by atoms with Gasteiger partial charge in [0.25, 0.3) is 0 Å². The molecule has 2 aromatic heterocycles. The van der Waals surface area contributed by atoms with Crippen LogP contribution in [0.1, 0.15) is 38.5 Å². The number of benzene rings is 1. The van der Waals surface area contributed by atoms with Crippen molar-refractivity contribution in [2.45, 2.75) is 26.8 Å². The molecule has 0 aliphatic rings. The number of Topliss-reactive ketones (excluding diaryl/α,β-unsaturated/α-hetero) is 1. The Bertz CT molecular complexity index is 1070. The first-order valence-corrected chi connectivity index (χ1v) is 9.18. The molecule has 1 aromatic carbocycles. The Kier molecular flexibility index (Phi) is 6.35. The SMILES string of the molecule is COC(=O)CCn1c(C)cc(C(=O)COC(=O)c2ccccc2-n2cnnn2)c1C. The fourth-order valence-electron chi connectivity index (χ4n) is 3.14. The van der Waals surface area contributed by atoms with Crippen LogP contribution < -0.4 is 0 Å². The lowest BCUT2D eigenvalue weighted by molar-refractivity contribution is -0.140. The Morgan fingerprint density at radius 2 is 1.87 bits per heavy atom. The topological polar surface area (TPSA) is 118 Å². The Hall–Kier alpha value is -3.82. The maximum atomic E-state index is 12.7. The molecule has 0 bridgehead atoms. The minimum Gasteiger partial charge on any atom is -0.469 e. The standard InChI is InChI=1S/C20H21N5O5/c1-13-10-16(14(2)24(13)9-8-19(27)29-3)18(26)11-30-20(28)15-6-4-5-7-17(15)25-12-21-22-23-25/h4-7,10,12H,8-9,11H2,1-3H3. The van der Waals surface area contributed by atoms with E-state index in [1.165, 1.54) is 18.1 Å². The summed E-state index contributed by atoms with van der Waals surface area (Å²) in [6.07, 6.45) is 1.56. The second kappa shape index (κ2) is 9.12. The summed E-state index contributed by atoms with van der Waals surface area (Å²) in [7, 11) is 1.33. The quantitative estimate of drug-likeness (QED) is 0.406. The van der Waals surface area contributed by atoms with Gasteiger partial charge in [0, 0.05) is 23.5 Å². The molecule has 0 aliphatic carbocycles. The number of carbonyl (C=O) groups excluding carboxylic acids is 3. The van der Waals surface area contributed by atoms with Crippen LogP contribution in [0.5, 0.6) is 0 Å². The molecule has 2 heterocycles. The number of ketones is 1. The van der Waals surface area contributed by atoms with Gasteiger partial charge in [0.15, 0.2) is 6.61 Å². The van der Waals surface area contributed by atoms with Crippen LogP contribution in [0.2, 0.25) is 0 Å². The lowest BCUT2D eigenvalue weighted by Gasteiger charge is -2.10. The van der Waals surface area contributed by atoms with Crippen molar-refractivity contribution in [3.63, 3.8) is 0 Å². The van der Waals surface area contributed by atoms with Gasteiger partial charge in [-0.25, -0.2) is 4.79 Å². The van der Waals surface area contributed by atoms with E-state index in [1.54, 1.807) is 37.3 Å². The molecule has 0 aliphatic heterocycles. The molecule has 3 aromatic rings. The molecule has 0 spiro atoms.